The van der Waals surface area contributed by atoms with E-state index in [0.717, 1.165) is 24.1 Å². The molecule has 0 unspecified atom stereocenters. The monoisotopic (exact) mass is 511 g/mol. The van der Waals surface area contributed by atoms with E-state index in [-0.39, 0.29) is 23.0 Å². The number of fused-ring (bicyclic) bond motifs is 1. The molecule has 38 heavy (non-hydrogen) atoms. The van der Waals surface area contributed by atoms with Crippen molar-refractivity contribution in [2.45, 2.75) is 19.1 Å². The first-order chi connectivity index (χ1) is 18.5. The van der Waals surface area contributed by atoms with E-state index in [4.69, 9.17) is 4.74 Å². The van der Waals surface area contributed by atoms with Crippen LogP contribution in [0.4, 0.5) is 4.39 Å². The smallest absolute Gasteiger partial charge is 0.284 e. The molecule has 1 saturated heterocycles. The molecule has 0 aliphatic carbocycles. The van der Waals surface area contributed by atoms with Gasteiger partial charge in [0.25, 0.3) is 5.56 Å². The molecule has 1 fully saturated rings. The van der Waals surface area contributed by atoms with Gasteiger partial charge in [-0.1, -0.05) is 30.3 Å². The number of methoxy groups -OCH3 is 1. The molecule has 8 nitrogen and oxygen atoms in total. The second-order valence-corrected chi connectivity index (χ2v) is 9.41. The van der Waals surface area contributed by atoms with Crippen molar-refractivity contribution in [3.8, 4) is 28.3 Å². The Hall–Kier alpha value is -4.34. The van der Waals surface area contributed by atoms with E-state index in [1.807, 2.05) is 42.5 Å². The predicted octanol–water partition coefficient (Wildman–Crippen LogP) is 3.95. The molecular weight excluding hydrogens is 485 g/mol. The first-order valence-corrected chi connectivity index (χ1v) is 12.4. The van der Waals surface area contributed by atoms with Crippen LogP contribution in [0.25, 0.3) is 33.7 Å². The van der Waals surface area contributed by atoms with Crippen LogP contribution in [-0.2, 0) is 6.54 Å². The van der Waals surface area contributed by atoms with Gasteiger partial charge in [0.2, 0.25) is 0 Å². The minimum Gasteiger partial charge on any atom is -0.497 e. The van der Waals surface area contributed by atoms with Crippen molar-refractivity contribution < 1.29 is 14.2 Å². The first kappa shape index (κ1) is 24.0. The first-order valence-electron chi connectivity index (χ1n) is 12.4. The van der Waals surface area contributed by atoms with Crippen LogP contribution >= 0.6 is 0 Å². The maximum Gasteiger partial charge on any atom is 0.284 e. The van der Waals surface area contributed by atoms with E-state index in [2.05, 4.69) is 14.9 Å². The van der Waals surface area contributed by atoms with E-state index in [9.17, 15) is 9.90 Å². The van der Waals surface area contributed by atoms with Crippen LogP contribution < -0.4 is 10.3 Å². The molecule has 1 aliphatic heterocycles. The van der Waals surface area contributed by atoms with E-state index in [1.165, 1.54) is 23.3 Å². The van der Waals surface area contributed by atoms with Gasteiger partial charge in [-0.15, -0.1) is 0 Å². The zero-order valence-corrected chi connectivity index (χ0v) is 20.8. The van der Waals surface area contributed by atoms with Crippen molar-refractivity contribution in [1.29, 1.82) is 0 Å². The fourth-order valence-electron chi connectivity index (χ4n) is 5.03. The topological polar surface area (TPSA) is 85.4 Å². The molecule has 0 spiro atoms. The fourth-order valence-corrected chi connectivity index (χ4v) is 5.03. The molecule has 6 rings (SSSR count). The second-order valence-electron chi connectivity index (χ2n) is 9.41. The van der Waals surface area contributed by atoms with E-state index >= 15 is 4.39 Å². The molecule has 1 atom stereocenters. The molecule has 2 aromatic heterocycles. The molecule has 1 N–H and O–H groups in total. The molecule has 0 amide bonds. The highest BCUT2D eigenvalue weighted by atomic mass is 19.1. The van der Waals surface area contributed by atoms with Crippen molar-refractivity contribution in [2.24, 2.45) is 0 Å². The van der Waals surface area contributed by atoms with Crippen LogP contribution in [0.3, 0.4) is 0 Å². The van der Waals surface area contributed by atoms with E-state index < -0.39 is 11.4 Å². The quantitative estimate of drug-likeness (QED) is 0.372. The summed E-state index contributed by atoms with van der Waals surface area (Å²) in [6.45, 7) is 2.13. The normalized spacial score (nSPS) is 15.8. The summed E-state index contributed by atoms with van der Waals surface area (Å²) in [5.41, 5.74) is 3.60. The summed E-state index contributed by atoms with van der Waals surface area (Å²) < 4.78 is 23.6. The minimum absolute atomic E-state index is 0.107. The highest BCUT2D eigenvalue weighted by Gasteiger charge is 2.21. The molecule has 0 bridgehead atoms. The third-order valence-electron chi connectivity index (χ3n) is 6.99. The second kappa shape index (κ2) is 9.85. The number of aromatic nitrogens is 4. The highest BCUT2D eigenvalue weighted by Crippen LogP contribution is 2.28. The standard InChI is InChI=1S/C29H26FN5O3/c1-38-23-9-7-21(8-10-23)34-17-31-28-27(34)29(37)35(18-32-28)26-11-6-19(14-25(26)30)24-5-3-2-4-20(24)15-33-13-12-22(36)16-33/h2-11,14,17-18,22,36H,12-13,15-16H2,1H3/t22-/m0/s1. The SMILES string of the molecule is COc1ccc(-n2cnc3ncn(-c4ccc(-c5ccccc5CN5CC[C@H](O)C5)cc4F)c(=O)c32)cc1. The lowest BCUT2D eigenvalue weighted by molar-refractivity contribution is 0.175. The zero-order valence-electron chi connectivity index (χ0n) is 20.8. The maximum absolute atomic E-state index is 15.6. The average Bonchev–Trinajstić information content (AvgIpc) is 3.56. The van der Waals surface area contributed by atoms with Crippen LogP contribution in [0, 0.1) is 5.82 Å². The molecule has 3 heterocycles. The number of hydrogen-bond donors (Lipinski definition) is 1. The van der Waals surface area contributed by atoms with Gasteiger partial charge in [0.15, 0.2) is 11.2 Å². The van der Waals surface area contributed by atoms with Crippen LogP contribution in [0.1, 0.15) is 12.0 Å². The van der Waals surface area contributed by atoms with E-state index in [1.54, 1.807) is 29.9 Å². The summed E-state index contributed by atoms with van der Waals surface area (Å²) in [7, 11) is 1.58. The Morgan fingerprint density at radius 2 is 1.79 bits per heavy atom. The van der Waals surface area contributed by atoms with Crippen molar-refractivity contribution in [3.05, 3.63) is 101 Å². The molecule has 9 heteroatoms. The number of imidazole rings is 1. The summed E-state index contributed by atoms with van der Waals surface area (Å²) in [5, 5.41) is 9.88. The Labute approximate surface area is 218 Å². The van der Waals surface area contributed by atoms with Gasteiger partial charge in [-0.05, 0) is 59.5 Å². The van der Waals surface area contributed by atoms with Crippen LogP contribution in [0.5, 0.6) is 5.75 Å². The molecule has 5 aromatic rings. The Balaban J connectivity index is 1.37. The Morgan fingerprint density at radius 3 is 2.50 bits per heavy atom. The Morgan fingerprint density at radius 1 is 1.03 bits per heavy atom. The maximum atomic E-state index is 15.6. The van der Waals surface area contributed by atoms with Gasteiger partial charge in [-0.2, -0.15) is 0 Å². The fraction of sp³-hybridized carbons (Fsp3) is 0.207. The van der Waals surface area contributed by atoms with Gasteiger partial charge < -0.3 is 9.84 Å². The van der Waals surface area contributed by atoms with Gasteiger partial charge in [-0.25, -0.2) is 14.4 Å². The third-order valence-corrected chi connectivity index (χ3v) is 6.99. The average molecular weight is 512 g/mol. The highest BCUT2D eigenvalue weighted by molar-refractivity contribution is 5.73. The molecule has 192 valence electrons. The van der Waals surface area contributed by atoms with Crippen molar-refractivity contribution in [3.63, 3.8) is 0 Å². The minimum atomic E-state index is -0.535. The molecule has 0 radical (unpaired) electrons. The lowest BCUT2D eigenvalue weighted by atomic mass is 9.99. The van der Waals surface area contributed by atoms with Gasteiger partial charge >= 0.3 is 0 Å². The number of ether oxygens (including phenoxy) is 1. The number of benzene rings is 3. The summed E-state index contributed by atoms with van der Waals surface area (Å²) in [6, 6.07) is 19.9. The van der Waals surface area contributed by atoms with E-state index in [0.29, 0.717) is 30.1 Å². The van der Waals surface area contributed by atoms with Crippen LogP contribution in [0.2, 0.25) is 0 Å². The number of β-amino-alcohol motifs (C(OH)–C–C–N with tert-alkyl or cyclic N) is 1. The van der Waals surface area contributed by atoms with Gasteiger partial charge in [0, 0.05) is 25.3 Å². The number of likely N-dealkylation sites (tertiary alicyclic amines) is 1. The van der Waals surface area contributed by atoms with Crippen molar-refractivity contribution in [1.82, 2.24) is 24.0 Å². The Bertz CT molecular complexity index is 1680. The van der Waals surface area contributed by atoms with Gasteiger partial charge in [0.1, 0.15) is 24.2 Å². The largest absolute Gasteiger partial charge is 0.497 e. The molecule has 3 aromatic carbocycles. The number of hydrogen-bond acceptors (Lipinski definition) is 6. The summed E-state index contributed by atoms with van der Waals surface area (Å²) in [4.78, 5) is 24.3. The third kappa shape index (κ3) is 4.36. The van der Waals surface area contributed by atoms with Gasteiger partial charge in [0.05, 0.1) is 18.9 Å². The molecule has 0 saturated carbocycles. The van der Waals surface area contributed by atoms with Crippen molar-refractivity contribution >= 4 is 11.2 Å². The number of aliphatic hydroxyl groups excluding tert-OH is 1. The summed E-state index contributed by atoms with van der Waals surface area (Å²) in [6.07, 6.45) is 3.29. The molecule has 1 aliphatic rings. The lowest BCUT2D eigenvalue weighted by Gasteiger charge is -2.18. The van der Waals surface area contributed by atoms with Crippen LogP contribution in [-0.4, -0.2) is 55.4 Å². The van der Waals surface area contributed by atoms with Crippen molar-refractivity contribution in [2.75, 3.05) is 20.2 Å². The predicted molar refractivity (Wildman–Crippen MR) is 142 cm³/mol. The lowest BCUT2D eigenvalue weighted by Crippen LogP contribution is -2.22. The van der Waals surface area contributed by atoms with Crippen LogP contribution in [0.15, 0.2) is 84.2 Å². The summed E-state index contributed by atoms with van der Waals surface area (Å²) in [5.74, 6) is 0.156. The van der Waals surface area contributed by atoms with Gasteiger partial charge in [-0.3, -0.25) is 18.8 Å². The number of halogens is 1. The Kier molecular flexibility index (Phi) is 6.22. The number of nitrogens with zero attached hydrogens (tertiary/aromatic N) is 5. The molecular formula is C29H26FN5O3. The summed E-state index contributed by atoms with van der Waals surface area (Å²) >= 11 is 0. The number of rotatable bonds is 6. The number of aliphatic hydroxyl groups is 1. The zero-order chi connectivity index (χ0) is 26.2.